The van der Waals surface area contributed by atoms with Crippen LogP contribution in [0.5, 0.6) is 0 Å². The van der Waals surface area contributed by atoms with Gasteiger partial charge in [-0.05, 0) is 29.7 Å². The van der Waals surface area contributed by atoms with E-state index < -0.39 is 0 Å². The van der Waals surface area contributed by atoms with Crippen LogP contribution >= 0.6 is 0 Å². The molecule has 2 heterocycles. The van der Waals surface area contributed by atoms with Gasteiger partial charge in [0.15, 0.2) is 0 Å². The molecule has 2 aromatic heterocycles. The lowest BCUT2D eigenvalue weighted by molar-refractivity contribution is 0.0676. The van der Waals surface area contributed by atoms with Crippen LogP contribution < -0.4 is 5.56 Å². The average Bonchev–Trinajstić information content (AvgIpc) is 2.68. The van der Waals surface area contributed by atoms with E-state index in [1.54, 1.807) is 31.3 Å². The van der Waals surface area contributed by atoms with Gasteiger partial charge in [0.2, 0.25) is 0 Å². The molecule has 0 unspecified atom stereocenters. The normalized spacial score (nSPS) is 10.8. The lowest BCUT2D eigenvalue weighted by Gasteiger charge is -2.22. The van der Waals surface area contributed by atoms with E-state index in [0.29, 0.717) is 19.7 Å². The molecule has 0 atom stereocenters. The van der Waals surface area contributed by atoms with Crippen LogP contribution in [0, 0.1) is 0 Å². The standard InChI is InChI=1S/C20H21N3O3/c1-22-18-9-4-3-7-15(18)13-17(19(22)24)20(25)23(11-12-26-2)14-16-8-5-6-10-21-16/h3-10,13H,11-12,14H2,1-2H3. The lowest BCUT2D eigenvalue weighted by atomic mass is 10.1. The van der Waals surface area contributed by atoms with E-state index in [-0.39, 0.29) is 17.0 Å². The molecule has 0 N–H and O–H groups in total. The van der Waals surface area contributed by atoms with E-state index in [9.17, 15) is 9.59 Å². The third-order valence-electron chi connectivity index (χ3n) is 4.29. The second kappa shape index (κ2) is 7.93. The van der Waals surface area contributed by atoms with Crippen LogP contribution in [0.1, 0.15) is 16.1 Å². The fraction of sp³-hybridized carbons (Fsp3) is 0.250. The summed E-state index contributed by atoms with van der Waals surface area (Å²) < 4.78 is 6.63. The number of carbonyl (C=O) groups excluding carboxylic acids is 1. The molecule has 0 aliphatic rings. The van der Waals surface area contributed by atoms with Crippen molar-refractivity contribution in [2.75, 3.05) is 20.3 Å². The fourth-order valence-electron chi connectivity index (χ4n) is 2.89. The monoisotopic (exact) mass is 351 g/mol. The van der Waals surface area contributed by atoms with Gasteiger partial charge in [0.1, 0.15) is 5.56 Å². The first kappa shape index (κ1) is 17.8. The Bertz CT molecular complexity index is 967. The number of para-hydroxylation sites is 1. The van der Waals surface area contributed by atoms with Crippen molar-refractivity contribution in [3.8, 4) is 0 Å². The number of aromatic nitrogens is 2. The summed E-state index contributed by atoms with van der Waals surface area (Å²) in [5.74, 6) is -0.320. The minimum atomic E-state index is -0.320. The van der Waals surface area contributed by atoms with Crippen molar-refractivity contribution in [2.45, 2.75) is 6.54 Å². The predicted molar refractivity (Wildman–Crippen MR) is 100 cm³/mol. The van der Waals surface area contributed by atoms with E-state index in [4.69, 9.17) is 4.74 Å². The van der Waals surface area contributed by atoms with E-state index in [0.717, 1.165) is 16.6 Å². The maximum absolute atomic E-state index is 13.1. The van der Waals surface area contributed by atoms with Gasteiger partial charge in [-0.1, -0.05) is 24.3 Å². The second-order valence-corrected chi connectivity index (χ2v) is 6.02. The third-order valence-corrected chi connectivity index (χ3v) is 4.29. The Morgan fingerprint density at radius 1 is 1.19 bits per heavy atom. The summed E-state index contributed by atoms with van der Waals surface area (Å²) in [5.41, 5.74) is 1.40. The molecule has 0 spiro atoms. The van der Waals surface area contributed by atoms with E-state index in [1.807, 2.05) is 42.5 Å². The number of aryl methyl sites for hydroxylation is 1. The Labute approximate surface area is 151 Å². The largest absolute Gasteiger partial charge is 0.383 e. The number of benzene rings is 1. The summed E-state index contributed by atoms with van der Waals surface area (Å²) in [6.07, 6.45) is 1.68. The summed E-state index contributed by atoms with van der Waals surface area (Å²) in [7, 11) is 3.26. The summed E-state index contributed by atoms with van der Waals surface area (Å²) in [6.45, 7) is 1.08. The number of methoxy groups -OCH3 is 1. The quantitative estimate of drug-likeness (QED) is 0.683. The summed E-state index contributed by atoms with van der Waals surface area (Å²) in [4.78, 5) is 31.7. The predicted octanol–water partition coefficient (Wildman–Crippen LogP) is 2.22. The molecule has 26 heavy (non-hydrogen) atoms. The van der Waals surface area contributed by atoms with Crippen LogP contribution in [-0.2, 0) is 18.3 Å². The number of hydrogen-bond acceptors (Lipinski definition) is 4. The van der Waals surface area contributed by atoms with Gasteiger partial charge in [-0.2, -0.15) is 0 Å². The molecule has 6 nitrogen and oxygen atoms in total. The van der Waals surface area contributed by atoms with Gasteiger partial charge in [0.05, 0.1) is 24.4 Å². The molecule has 0 fully saturated rings. The van der Waals surface area contributed by atoms with Crippen molar-refractivity contribution in [3.63, 3.8) is 0 Å². The van der Waals surface area contributed by atoms with Crippen LogP contribution in [0.4, 0.5) is 0 Å². The molecular weight excluding hydrogens is 330 g/mol. The summed E-state index contributed by atoms with van der Waals surface area (Å²) >= 11 is 0. The van der Waals surface area contributed by atoms with Gasteiger partial charge in [0, 0.05) is 26.9 Å². The zero-order valence-corrected chi connectivity index (χ0v) is 14.9. The third kappa shape index (κ3) is 3.65. The van der Waals surface area contributed by atoms with Gasteiger partial charge in [0.25, 0.3) is 11.5 Å². The Morgan fingerprint density at radius 3 is 2.69 bits per heavy atom. The second-order valence-electron chi connectivity index (χ2n) is 6.02. The number of pyridine rings is 2. The molecule has 3 aromatic rings. The van der Waals surface area contributed by atoms with Crippen molar-refractivity contribution in [2.24, 2.45) is 7.05 Å². The number of fused-ring (bicyclic) bond motifs is 1. The molecule has 0 aliphatic carbocycles. The first-order valence-corrected chi connectivity index (χ1v) is 8.38. The number of amides is 1. The molecule has 3 rings (SSSR count). The van der Waals surface area contributed by atoms with Crippen LogP contribution in [-0.4, -0.2) is 40.6 Å². The maximum atomic E-state index is 13.1. The summed E-state index contributed by atoms with van der Waals surface area (Å²) in [5, 5.41) is 0.850. The van der Waals surface area contributed by atoms with Crippen molar-refractivity contribution in [3.05, 3.63) is 76.3 Å². The minimum Gasteiger partial charge on any atom is -0.383 e. The van der Waals surface area contributed by atoms with Gasteiger partial charge in [-0.3, -0.25) is 14.6 Å². The Hall–Kier alpha value is -2.99. The number of ether oxygens (including phenoxy) is 1. The van der Waals surface area contributed by atoms with Crippen LogP contribution in [0.25, 0.3) is 10.9 Å². The molecule has 134 valence electrons. The van der Waals surface area contributed by atoms with Crippen molar-refractivity contribution < 1.29 is 9.53 Å². The van der Waals surface area contributed by atoms with Crippen LogP contribution in [0.2, 0.25) is 0 Å². The molecule has 1 aromatic carbocycles. The Morgan fingerprint density at radius 2 is 1.96 bits per heavy atom. The van der Waals surface area contributed by atoms with Gasteiger partial charge < -0.3 is 14.2 Å². The molecular formula is C20H21N3O3. The highest BCUT2D eigenvalue weighted by molar-refractivity contribution is 5.97. The van der Waals surface area contributed by atoms with E-state index in [1.165, 1.54) is 4.57 Å². The van der Waals surface area contributed by atoms with Crippen molar-refractivity contribution in [1.82, 2.24) is 14.5 Å². The first-order chi connectivity index (χ1) is 12.6. The molecule has 6 heteroatoms. The molecule has 0 bridgehead atoms. The SMILES string of the molecule is COCCN(Cc1ccccn1)C(=O)c1cc2ccccc2n(C)c1=O. The number of nitrogens with zero attached hydrogens (tertiary/aromatic N) is 3. The molecule has 0 saturated heterocycles. The number of rotatable bonds is 6. The summed E-state index contributed by atoms with van der Waals surface area (Å²) in [6, 6.07) is 14.7. The van der Waals surface area contributed by atoms with Crippen LogP contribution in [0.15, 0.2) is 59.5 Å². The Kier molecular flexibility index (Phi) is 5.43. The molecule has 0 radical (unpaired) electrons. The molecule has 0 aliphatic heterocycles. The zero-order valence-electron chi connectivity index (χ0n) is 14.9. The van der Waals surface area contributed by atoms with Crippen molar-refractivity contribution in [1.29, 1.82) is 0 Å². The maximum Gasteiger partial charge on any atom is 0.263 e. The van der Waals surface area contributed by atoms with Gasteiger partial charge in [-0.25, -0.2) is 0 Å². The lowest BCUT2D eigenvalue weighted by Crippen LogP contribution is -2.38. The molecule has 0 saturated carbocycles. The van der Waals surface area contributed by atoms with E-state index in [2.05, 4.69) is 4.98 Å². The minimum absolute atomic E-state index is 0.151. The average molecular weight is 351 g/mol. The van der Waals surface area contributed by atoms with Crippen molar-refractivity contribution >= 4 is 16.8 Å². The first-order valence-electron chi connectivity index (χ1n) is 8.38. The number of hydrogen-bond donors (Lipinski definition) is 0. The van der Waals surface area contributed by atoms with Gasteiger partial charge >= 0.3 is 0 Å². The fourth-order valence-corrected chi connectivity index (χ4v) is 2.89. The van der Waals surface area contributed by atoms with Gasteiger partial charge in [-0.15, -0.1) is 0 Å². The topological polar surface area (TPSA) is 64.4 Å². The van der Waals surface area contributed by atoms with E-state index >= 15 is 0 Å². The zero-order chi connectivity index (χ0) is 18.5. The smallest absolute Gasteiger partial charge is 0.263 e. The Balaban J connectivity index is 1.99. The van der Waals surface area contributed by atoms with Crippen LogP contribution in [0.3, 0.4) is 0 Å². The number of carbonyl (C=O) groups is 1. The highest BCUT2D eigenvalue weighted by Crippen LogP contribution is 2.14. The highest BCUT2D eigenvalue weighted by Gasteiger charge is 2.21. The molecule has 1 amide bonds. The highest BCUT2D eigenvalue weighted by atomic mass is 16.5.